The van der Waals surface area contributed by atoms with Gasteiger partial charge in [0.05, 0.1) is 11.3 Å². The van der Waals surface area contributed by atoms with Gasteiger partial charge in [0.2, 0.25) is 0 Å². The highest BCUT2D eigenvalue weighted by Gasteiger charge is 2.25. The summed E-state index contributed by atoms with van der Waals surface area (Å²) in [6.45, 7) is 4.15. The van der Waals surface area contributed by atoms with Gasteiger partial charge in [-0.2, -0.15) is 0 Å². The fourth-order valence-electron chi connectivity index (χ4n) is 3.86. The largest absolute Gasteiger partial charge is 0.396 e. The number of nitrogens with one attached hydrogen (secondary N) is 2. The van der Waals surface area contributed by atoms with Gasteiger partial charge in [-0.3, -0.25) is 4.79 Å². The second-order valence-corrected chi connectivity index (χ2v) is 7.53. The minimum absolute atomic E-state index is 0.0395. The summed E-state index contributed by atoms with van der Waals surface area (Å²) < 4.78 is 0. The van der Waals surface area contributed by atoms with Crippen LogP contribution < -0.4 is 21.3 Å². The Morgan fingerprint density at radius 1 is 1.20 bits per heavy atom. The SMILES string of the molecule is CNc1nc(N2CCC(C)CC2)c(C(=O)NC2CCCCC2)cc1N. The highest BCUT2D eigenvalue weighted by molar-refractivity contribution is 6.00. The first-order chi connectivity index (χ1) is 12.1. The van der Waals surface area contributed by atoms with Crippen molar-refractivity contribution >= 4 is 23.2 Å². The fraction of sp³-hybridized carbons (Fsp3) is 0.684. The molecule has 0 unspecified atom stereocenters. The summed E-state index contributed by atoms with van der Waals surface area (Å²) in [6.07, 6.45) is 8.06. The van der Waals surface area contributed by atoms with Crippen molar-refractivity contribution in [2.75, 3.05) is 36.1 Å². The van der Waals surface area contributed by atoms with Crippen molar-refractivity contribution in [3.8, 4) is 0 Å². The number of piperidine rings is 1. The Labute approximate surface area is 150 Å². The molecule has 2 heterocycles. The van der Waals surface area contributed by atoms with Gasteiger partial charge in [-0.1, -0.05) is 26.2 Å². The van der Waals surface area contributed by atoms with Crippen molar-refractivity contribution in [3.63, 3.8) is 0 Å². The molecule has 1 aromatic heterocycles. The molecule has 0 bridgehead atoms. The van der Waals surface area contributed by atoms with E-state index in [0.717, 1.165) is 50.5 Å². The number of hydrogen-bond donors (Lipinski definition) is 3. The number of amides is 1. The molecule has 1 saturated carbocycles. The first-order valence-electron chi connectivity index (χ1n) is 9.62. The van der Waals surface area contributed by atoms with Crippen LogP contribution in [0.15, 0.2) is 6.07 Å². The number of carbonyl (C=O) groups is 1. The molecule has 1 saturated heterocycles. The van der Waals surface area contributed by atoms with Gasteiger partial charge in [0, 0.05) is 26.2 Å². The molecule has 1 amide bonds. The van der Waals surface area contributed by atoms with E-state index in [1.54, 1.807) is 6.07 Å². The number of nitrogen functional groups attached to an aromatic ring is 1. The average Bonchev–Trinajstić information content (AvgIpc) is 2.63. The van der Waals surface area contributed by atoms with Crippen LogP contribution in [0.5, 0.6) is 0 Å². The van der Waals surface area contributed by atoms with Crippen molar-refractivity contribution < 1.29 is 4.79 Å². The number of hydrogen-bond acceptors (Lipinski definition) is 5. The predicted octanol–water partition coefficient (Wildman–Crippen LogP) is 3.00. The van der Waals surface area contributed by atoms with Gasteiger partial charge in [-0.25, -0.2) is 4.98 Å². The summed E-state index contributed by atoms with van der Waals surface area (Å²) >= 11 is 0. The smallest absolute Gasteiger partial charge is 0.255 e. The van der Waals surface area contributed by atoms with Gasteiger partial charge in [-0.15, -0.1) is 0 Å². The van der Waals surface area contributed by atoms with E-state index in [9.17, 15) is 4.79 Å². The molecule has 6 heteroatoms. The molecule has 6 nitrogen and oxygen atoms in total. The lowest BCUT2D eigenvalue weighted by molar-refractivity contribution is 0.0928. The van der Waals surface area contributed by atoms with Crippen LogP contribution in [0.3, 0.4) is 0 Å². The number of anilines is 3. The molecule has 0 radical (unpaired) electrons. The number of aromatic nitrogens is 1. The van der Waals surface area contributed by atoms with Gasteiger partial charge in [0.15, 0.2) is 5.82 Å². The average molecular weight is 345 g/mol. The van der Waals surface area contributed by atoms with Crippen LogP contribution in [0, 0.1) is 5.92 Å². The molecule has 2 aliphatic rings. The zero-order chi connectivity index (χ0) is 17.8. The summed E-state index contributed by atoms with van der Waals surface area (Å²) in [5.41, 5.74) is 7.23. The summed E-state index contributed by atoms with van der Waals surface area (Å²) in [5.74, 6) is 2.09. The maximum atomic E-state index is 12.9. The maximum Gasteiger partial charge on any atom is 0.255 e. The molecule has 2 fully saturated rings. The molecule has 4 N–H and O–H groups in total. The Balaban J connectivity index is 1.85. The minimum atomic E-state index is -0.0395. The van der Waals surface area contributed by atoms with E-state index < -0.39 is 0 Å². The van der Waals surface area contributed by atoms with Gasteiger partial charge in [0.25, 0.3) is 5.91 Å². The van der Waals surface area contributed by atoms with Crippen molar-refractivity contribution in [2.45, 2.75) is 57.9 Å². The van der Waals surface area contributed by atoms with Crippen molar-refractivity contribution in [3.05, 3.63) is 11.6 Å². The maximum absolute atomic E-state index is 12.9. The zero-order valence-corrected chi connectivity index (χ0v) is 15.5. The molecule has 25 heavy (non-hydrogen) atoms. The van der Waals surface area contributed by atoms with Gasteiger partial charge >= 0.3 is 0 Å². The molecule has 1 aliphatic carbocycles. The van der Waals surface area contributed by atoms with Crippen molar-refractivity contribution in [1.82, 2.24) is 10.3 Å². The molecule has 1 aromatic rings. The monoisotopic (exact) mass is 345 g/mol. The lowest BCUT2D eigenvalue weighted by atomic mass is 9.95. The lowest BCUT2D eigenvalue weighted by Crippen LogP contribution is -2.39. The van der Waals surface area contributed by atoms with Crippen LogP contribution in [0.2, 0.25) is 0 Å². The summed E-state index contributed by atoms with van der Waals surface area (Å²) in [4.78, 5) is 19.9. The molecular weight excluding hydrogens is 314 g/mol. The number of carbonyl (C=O) groups excluding carboxylic acids is 1. The van der Waals surface area contributed by atoms with Crippen LogP contribution in [-0.2, 0) is 0 Å². The van der Waals surface area contributed by atoms with E-state index in [0.29, 0.717) is 17.1 Å². The van der Waals surface area contributed by atoms with Gasteiger partial charge in [0.1, 0.15) is 5.82 Å². The molecule has 0 aromatic carbocycles. The van der Waals surface area contributed by atoms with Crippen molar-refractivity contribution in [2.24, 2.45) is 5.92 Å². The first kappa shape index (κ1) is 17.8. The second-order valence-electron chi connectivity index (χ2n) is 7.53. The van der Waals surface area contributed by atoms with Crippen molar-refractivity contribution in [1.29, 1.82) is 0 Å². The van der Waals surface area contributed by atoms with Crippen LogP contribution >= 0.6 is 0 Å². The van der Waals surface area contributed by atoms with E-state index in [4.69, 9.17) is 5.73 Å². The fourth-order valence-corrected chi connectivity index (χ4v) is 3.86. The van der Waals surface area contributed by atoms with E-state index in [2.05, 4.69) is 27.4 Å². The number of pyridine rings is 1. The standard InChI is InChI=1S/C19H31N5O/c1-13-8-10-24(11-9-13)18-15(12-16(20)17(21-2)23-18)19(25)22-14-6-4-3-5-7-14/h12-14H,3-11,20H2,1-2H3,(H,21,23)(H,22,25). The molecule has 1 aliphatic heterocycles. The highest BCUT2D eigenvalue weighted by Crippen LogP contribution is 2.30. The quantitative estimate of drug-likeness (QED) is 0.781. The Bertz CT molecular complexity index is 604. The van der Waals surface area contributed by atoms with E-state index in [-0.39, 0.29) is 11.9 Å². The molecule has 0 spiro atoms. The van der Waals surface area contributed by atoms with E-state index in [1.165, 1.54) is 19.3 Å². The zero-order valence-electron chi connectivity index (χ0n) is 15.5. The summed E-state index contributed by atoms with van der Waals surface area (Å²) in [6, 6.07) is 2.06. The predicted molar refractivity (Wildman–Crippen MR) is 103 cm³/mol. The van der Waals surface area contributed by atoms with E-state index in [1.807, 2.05) is 7.05 Å². The Kier molecular flexibility index (Phi) is 5.66. The summed E-state index contributed by atoms with van der Waals surface area (Å²) in [7, 11) is 1.81. The molecule has 0 atom stereocenters. The van der Waals surface area contributed by atoms with Crippen LogP contribution in [0.4, 0.5) is 17.3 Å². The normalized spacial score (nSPS) is 19.7. The Morgan fingerprint density at radius 2 is 1.88 bits per heavy atom. The Hall–Kier alpha value is -1.98. The second kappa shape index (κ2) is 7.93. The topological polar surface area (TPSA) is 83.3 Å². The Morgan fingerprint density at radius 3 is 2.52 bits per heavy atom. The molecule has 3 rings (SSSR count). The van der Waals surface area contributed by atoms with Crippen LogP contribution in [-0.4, -0.2) is 37.1 Å². The highest BCUT2D eigenvalue weighted by atomic mass is 16.1. The lowest BCUT2D eigenvalue weighted by Gasteiger charge is -2.33. The van der Waals surface area contributed by atoms with E-state index >= 15 is 0 Å². The van der Waals surface area contributed by atoms with Gasteiger partial charge in [-0.05, 0) is 37.7 Å². The van der Waals surface area contributed by atoms with Crippen LogP contribution in [0.1, 0.15) is 62.2 Å². The number of nitrogens with two attached hydrogens (primary N) is 1. The third kappa shape index (κ3) is 4.17. The summed E-state index contributed by atoms with van der Waals surface area (Å²) in [5, 5.41) is 6.24. The molecule has 138 valence electrons. The third-order valence-electron chi connectivity index (χ3n) is 5.54. The first-order valence-corrected chi connectivity index (χ1v) is 9.62. The van der Waals surface area contributed by atoms with Gasteiger partial charge < -0.3 is 21.3 Å². The number of rotatable bonds is 4. The molecular formula is C19H31N5O. The minimum Gasteiger partial charge on any atom is -0.396 e. The third-order valence-corrected chi connectivity index (χ3v) is 5.54. The van der Waals surface area contributed by atoms with Crippen LogP contribution in [0.25, 0.3) is 0 Å². The number of nitrogens with zero attached hydrogens (tertiary/aromatic N) is 2.